The molecule has 0 saturated heterocycles. The highest BCUT2D eigenvalue weighted by Gasteiger charge is 2.64. The first-order valence-electron chi connectivity index (χ1n) is 14.6. The molecule has 3 saturated carbocycles. The van der Waals surface area contributed by atoms with Crippen molar-refractivity contribution in [2.45, 2.75) is 123 Å². The Labute approximate surface area is 220 Å². The van der Waals surface area contributed by atoms with E-state index in [1.54, 1.807) is 18.1 Å². The first-order chi connectivity index (χ1) is 16.9. The zero-order valence-electron chi connectivity index (χ0n) is 23.8. The lowest BCUT2D eigenvalue weighted by Crippen LogP contribution is -2.53. The van der Waals surface area contributed by atoms with Gasteiger partial charge in [-0.1, -0.05) is 46.3 Å². The zero-order chi connectivity index (χ0) is 25.9. The first kappa shape index (κ1) is 26.7. The summed E-state index contributed by atoms with van der Waals surface area (Å²) in [6.07, 6.45) is 16.1. The molecule has 1 aromatic rings. The van der Waals surface area contributed by atoms with Gasteiger partial charge in [-0.2, -0.15) is 0 Å². The van der Waals surface area contributed by atoms with Gasteiger partial charge in [0.1, 0.15) is 6.29 Å². The van der Waals surface area contributed by atoms with Crippen LogP contribution in [0.3, 0.4) is 0 Å². The minimum atomic E-state index is -1.17. The van der Waals surface area contributed by atoms with E-state index < -0.39 is 14.6 Å². The summed E-state index contributed by atoms with van der Waals surface area (Å²) in [6, 6.07) is 1.99. The fourth-order valence-electron chi connectivity index (χ4n) is 8.88. The van der Waals surface area contributed by atoms with Crippen LogP contribution >= 0.6 is 0 Å². The molecule has 1 unspecified atom stereocenters. The van der Waals surface area contributed by atoms with E-state index in [0.29, 0.717) is 17.8 Å². The first-order valence-corrected chi connectivity index (χ1v) is 17.4. The van der Waals surface area contributed by atoms with Gasteiger partial charge in [0.25, 0.3) is 0 Å². The van der Waals surface area contributed by atoms with E-state index in [-0.39, 0.29) is 28.6 Å². The minimum Gasteiger partial charge on any atom is -0.472 e. The molecule has 1 N–H and O–H groups in total. The summed E-state index contributed by atoms with van der Waals surface area (Å²) < 4.78 is 18.5. The molecular weight excluding hydrogens is 464 g/mol. The quantitative estimate of drug-likeness (QED) is 0.241. The van der Waals surface area contributed by atoms with Crippen molar-refractivity contribution in [3.8, 4) is 0 Å². The van der Waals surface area contributed by atoms with Crippen molar-refractivity contribution in [2.75, 3.05) is 0 Å². The van der Waals surface area contributed by atoms with E-state index in [1.165, 1.54) is 12.8 Å². The Kier molecular flexibility index (Phi) is 6.97. The molecule has 36 heavy (non-hydrogen) atoms. The maximum absolute atomic E-state index is 12.0. The molecule has 1 heterocycles. The van der Waals surface area contributed by atoms with E-state index in [4.69, 9.17) is 13.6 Å². The number of fused-ring (bicyclic) bond motifs is 5. The molecule has 0 amide bonds. The van der Waals surface area contributed by atoms with Crippen molar-refractivity contribution >= 4 is 9.04 Å². The third kappa shape index (κ3) is 4.50. The second-order valence-corrected chi connectivity index (χ2v) is 16.9. The van der Waals surface area contributed by atoms with E-state index in [1.807, 2.05) is 6.07 Å². The van der Waals surface area contributed by atoms with Crippen LogP contribution in [0.4, 0.5) is 0 Å². The normalized spacial score (nSPS) is 41.4. The van der Waals surface area contributed by atoms with Crippen LogP contribution in [0.5, 0.6) is 0 Å². The van der Waals surface area contributed by atoms with Crippen LogP contribution in [0.15, 0.2) is 34.7 Å². The van der Waals surface area contributed by atoms with Crippen molar-refractivity contribution in [3.63, 3.8) is 0 Å². The Morgan fingerprint density at radius 2 is 1.86 bits per heavy atom. The van der Waals surface area contributed by atoms with Gasteiger partial charge in [0, 0.05) is 17.4 Å². The van der Waals surface area contributed by atoms with Crippen LogP contribution in [0.25, 0.3) is 0 Å². The summed E-state index contributed by atoms with van der Waals surface area (Å²) in [5.41, 5.74) is 2.27. The molecule has 0 aliphatic heterocycles. The predicted molar refractivity (Wildman–Crippen MR) is 147 cm³/mol. The van der Waals surface area contributed by atoms with Gasteiger partial charge in [-0.15, -0.1) is 0 Å². The smallest absolute Gasteiger partial charge is 0.174 e. The number of rotatable bonds is 6. The van der Waals surface area contributed by atoms with Crippen LogP contribution < -0.4 is 0 Å². The Morgan fingerprint density at radius 3 is 2.53 bits per heavy atom. The maximum Gasteiger partial charge on any atom is 0.174 e. The number of hydrogen-bond acceptors (Lipinski definition) is 4. The molecular formula is C31H50O4Si. The molecule has 0 spiro atoms. The van der Waals surface area contributed by atoms with E-state index >= 15 is 0 Å². The van der Waals surface area contributed by atoms with Crippen LogP contribution in [0.2, 0.25) is 13.1 Å². The highest BCUT2D eigenvalue weighted by molar-refractivity contribution is 6.48. The largest absolute Gasteiger partial charge is 0.472 e. The number of aliphatic hydroxyl groups is 1. The maximum atomic E-state index is 12.0. The Morgan fingerprint density at radius 1 is 1.11 bits per heavy atom. The van der Waals surface area contributed by atoms with Gasteiger partial charge in [0.2, 0.25) is 0 Å². The molecule has 5 heteroatoms. The highest BCUT2D eigenvalue weighted by atomic mass is 28.3. The third-order valence-corrected chi connectivity index (χ3v) is 11.6. The van der Waals surface area contributed by atoms with Crippen LogP contribution in [-0.2, 0) is 14.8 Å². The van der Waals surface area contributed by atoms with Gasteiger partial charge in [-0.3, -0.25) is 0 Å². The molecule has 4 aliphatic carbocycles. The molecule has 8 atom stereocenters. The van der Waals surface area contributed by atoms with Crippen molar-refractivity contribution < 1.29 is 18.7 Å². The monoisotopic (exact) mass is 514 g/mol. The lowest BCUT2D eigenvalue weighted by molar-refractivity contribution is -0.154. The second-order valence-electron chi connectivity index (χ2n) is 14.5. The Balaban J connectivity index is 1.32. The van der Waals surface area contributed by atoms with Crippen molar-refractivity contribution in [1.82, 2.24) is 0 Å². The third-order valence-electron chi connectivity index (χ3n) is 10.8. The molecule has 0 radical (unpaired) electrons. The van der Waals surface area contributed by atoms with Crippen LogP contribution in [0.1, 0.15) is 98.0 Å². The number of allylic oxidation sites excluding steroid dienone is 1. The summed E-state index contributed by atoms with van der Waals surface area (Å²) in [5.74, 6) is 1.95. The molecule has 1 aromatic heterocycles. The lowest BCUT2D eigenvalue weighted by atomic mass is 9.46. The van der Waals surface area contributed by atoms with Gasteiger partial charge >= 0.3 is 0 Å². The fourth-order valence-corrected chi connectivity index (χ4v) is 9.65. The predicted octanol–water partition coefficient (Wildman–Crippen LogP) is 7.58. The topological polar surface area (TPSA) is 51.8 Å². The van der Waals surface area contributed by atoms with Crippen LogP contribution in [-0.4, -0.2) is 26.5 Å². The van der Waals surface area contributed by atoms with Crippen molar-refractivity contribution in [3.05, 3.63) is 35.8 Å². The van der Waals surface area contributed by atoms with Gasteiger partial charge in [-0.05, 0) is 99.1 Å². The molecule has 202 valence electrons. The van der Waals surface area contributed by atoms with E-state index in [0.717, 1.165) is 50.5 Å². The van der Waals surface area contributed by atoms with Gasteiger partial charge in [0.05, 0.1) is 24.2 Å². The Bertz CT molecular complexity index is 948. The molecule has 4 aliphatic rings. The van der Waals surface area contributed by atoms with Gasteiger partial charge in [0.15, 0.2) is 9.04 Å². The van der Waals surface area contributed by atoms with Crippen molar-refractivity contribution in [2.24, 2.45) is 34.0 Å². The lowest BCUT2D eigenvalue weighted by Gasteiger charge is -2.59. The summed E-state index contributed by atoms with van der Waals surface area (Å²) in [7, 11) is -1.17. The highest BCUT2D eigenvalue weighted by Crippen LogP contribution is 2.69. The average Bonchev–Trinajstić information content (AvgIpc) is 3.40. The standard InChI is InChI=1S/C31H50O4Si/c1-28(2,3)19-27(35-36(6)7)34-23-10-14-29(4)21(18-23)8-9-24-25(29)11-15-30(5)26(24)12-16-31(30,32)22-13-17-33-20-22/h8,13,17,20,23-27,32,36H,9-12,14-16,18-19H2,1-7H3/t23-,24+,25-,26-,27?,29-,30-,31+/m0/s1. The molecule has 0 aromatic carbocycles. The molecule has 4 nitrogen and oxygen atoms in total. The number of ether oxygens (including phenoxy) is 1. The summed E-state index contributed by atoms with van der Waals surface area (Å²) >= 11 is 0. The molecule has 0 bridgehead atoms. The Hall–Kier alpha value is -0.883. The van der Waals surface area contributed by atoms with Gasteiger partial charge in [-0.25, -0.2) is 0 Å². The molecule has 3 fully saturated rings. The average molecular weight is 515 g/mol. The number of furan rings is 1. The second kappa shape index (κ2) is 9.39. The summed E-state index contributed by atoms with van der Waals surface area (Å²) in [5, 5.41) is 12.0. The summed E-state index contributed by atoms with van der Waals surface area (Å²) in [6.45, 7) is 16.3. The number of hydrogen-bond donors (Lipinski definition) is 1. The van der Waals surface area contributed by atoms with Crippen LogP contribution in [0, 0.1) is 34.0 Å². The zero-order valence-corrected chi connectivity index (χ0v) is 25.0. The summed E-state index contributed by atoms with van der Waals surface area (Å²) in [4.78, 5) is 0. The fraction of sp³-hybridized carbons (Fsp3) is 0.806. The SMILES string of the molecule is C[SiH](C)OC(CC(C)(C)C)O[C@H]1CC[C@@]2(C)C(=CC[C@@H]3[C@@H]2CC[C@@]2(C)[C@H]3CC[C@@]2(O)c2ccoc2)C1. The van der Waals surface area contributed by atoms with Gasteiger partial charge < -0.3 is 18.7 Å². The van der Waals surface area contributed by atoms with E-state index in [9.17, 15) is 5.11 Å². The van der Waals surface area contributed by atoms with E-state index in [2.05, 4.69) is 53.8 Å². The molecule has 5 rings (SSSR count). The minimum absolute atomic E-state index is 0.0711. The van der Waals surface area contributed by atoms with Crippen molar-refractivity contribution in [1.29, 1.82) is 0 Å².